The van der Waals surface area contributed by atoms with Crippen LogP contribution in [0.5, 0.6) is 5.75 Å². The number of rotatable bonds is 8. The summed E-state index contributed by atoms with van der Waals surface area (Å²) < 4.78 is 35.8. The van der Waals surface area contributed by atoms with Crippen molar-refractivity contribution in [1.82, 2.24) is 19.7 Å². The Kier molecular flexibility index (Phi) is 6.02. The average molecular weight is 502 g/mol. The molecule has 2 aromatic heterocycles. The van der Waals surface area contributed by atoms with E-state index < -0.39 is 11.6 Å². The number of nitrogens with zero attached hydrogens (tertiary/aromatic N) is 3. The zero-order valence-electron chi connectivity index (χ0n) is 20.9. The normalized spacial score (nSPS) is 15.0. The van der Waals surface area contributed by atoms with Crippen LogP contribution in [0.4, 0.5) is 20.3 Å². The zero-order valence-corrected chi connectivity index (χ0v) is 20.9. The highest BCUT2D eigenvalue weighted by Gasteiger charge is 2.25. The first kappa shape index (κ1) is 23.5. The second-order valence-electron chi connectivity index (χ2n) is 9.66. The molecular formula is C29H29F2N5O. The molecule has 0 radical (unpaired) electrons. The molecule has 0 bridgehead atoms. The molecular weight excluding hydrogens is 472 g/mol. The molecule has 6 nitrogen and oxygen atoms in total. The van der Waals surface area contributed by atoms with Gasteiger partial charge in [0.2, 0.25) is 5.82 Å². The molecule has 2 aliphatic rings. The predicted octanol–water partition coefficient (Wildman–Crippen LogP) is 6.64. The quantitative estimate of drug-likeness (QED) is 0.284. The number of aromatic nitrogens is 3. The Morgan fingerprint density at radius 1 is 1.11 bits per heavy atom. The standard InChI is InChI=1S/C29H29F2N5O/c1-3-17-15-20(9-10-21(17)27(18-7-8-18)34-19-5-4-6-19)35-28-29-33-16-23(36(29)14-13-32-28)22-11-12-24(37-2)26(31)25(22)30/h9-16,19,34H,3-8H2,1-2H3,(H,32,35). The van der Waals surface area contributed by atoms with Crippen molar-refractivity contribution in [1.29, 1.82) is 0 Å². The van der Waals surface area contributed by atoms with Crippen LogP contribution in [0.25, 0.3) is 22.6 Å². The largest absolute Gasteiger partial charge is 0.494 e. The molecule has 0 aliphatic heterocycles. The second-order valence-corrected chi connectivity index (χ2v) is 9.66. The number of nitrogens with one attached hydrogen (secondary N) is 2. The summed E-state index contributed by atoms with van der Waals surface area (Å²) in [5.41, 5.74) is 7.31. The van der Waals surface area contributed by atoms with E-state index in [9.17, 15) is 8.78 Å². The molecule has 0 atom stereocenters. The minimum atomic E-state index is -1.03. The number of ether oxygens (including phenoxy) is 1. The molecule has 0 amide bonds. The van der Waals surface area contributed by atoms with Gasteiger partial charge in [-0.05, 0) is 73.9 Å². The van der Waals surface area contributed by atoms with Gasteiger partial charge in [0.25, 0.3) is 0 Å². The van der Waals surface area contributed by atoms with Gasteiger partial charge in [-0.1, -0.05) is 13.0 Å². The lowest BCUT2D eigenvalue weighted by atomic mass is 9.91. The van der Waals surface area contributed by atoms with Crippen LogP contribution in [0.15, 0.2) is 54.5 Å². The molecule has 2 fully saturated rings. The summed E-state index contributed by atoms with van der Waals surface area (Å²) in [5, 5.41) is 7.19. The minimum absolute atomic E-state index is 0.0974. The zero-order chi connectivity index (χ0) is 25.5. The van der Waals surface area contributed by atoms with E-state index in [4.69, 9.17) is 4.74 Å². The summed E-state index contributed by atoms with van der Waals surface area (Å²) in [5.74, 6) is -1.61. The van der Waals surface area contributed by atoms with Crippen molar-refractivity contribution < 1.29 is 13.5 Å². The Balaban J connectivity index is 1.32. The third-order valence-corrected chi connectivity index (χ3v) is 7.30. The van der Waals surface area contributed by atoms with E-state index in [2.05, 4.69) is 45.7 Å². The van der Waals surface area contributed by atoms with Crippen LogP contribution in [-0.2, 0) is 6.42 Å². The highest BCUT2D eigenvalue weighted by molar-refractivity contribution is 5.78. The lowest BCUT2D eigenvalue weighted by molar-refractivity contribution is 0.372. The van der Waals surface area contributed by atoms with Crippen LogP contribution < -0.4 is 15.4 Å². The van der Waals surface area contributed by atoms with Gasteiger partial charge in [-0.15, -0.1) is 0 Å². The van der Waals surface area contributed by atoms with Crippen LogP contribution >= 0.6 is 0 Å². The fourth-order valence-corrected chi connectivity index (χ4v) is 4.88. The summed E-state index contributed by atoms with van der Waals surface area (Å²) in [7, 11) is 1.31. The molecule has 2 N–H and O–H groups in total. The second kappa shape index (κ2) is 9.50. The van der Waals surface area contributed by atoms with Crippen LogP contribution in [0.3, 0.4) is 0 Å². The van der Waals surface area contributed by atoms with E-state index in [1.807, 2.05) is 0 Å². The van der Waals surface area contributed by atoms with E-state index in [0.29, 0.717) is 23.2 Å². The summed E-state index contributed by atoms with van der Waals surface area (Å²) in [6, 6.07) is 9.89. The van der Waals surface area contributed by atoms with Gasteiger partial charge < -0.3 is 15.4 Å². The van der Waals surface area contributed by atoms with E-state index in [1.165, 1.54) is 79.9 Å². The summed E-state index contributed by atoms with van der Waals surface area (Å²) in [6.45, 7) is 2.17. The Labute approximate surface area is 214 Å². The molecule has 0 spiro atoms. The SMILES string of the molecule is CCc1cc(Nc2nccn3c(-c4ccc(OC)c(F)c4F)cnc23)ccc1C(NC1CCC1)=C1CC1. The molecule has 4 aromatic rings. The van der Waals surface area contributed by atoms with Crippen LogP contribution in [-0.4, -0.2) is 27.5 Å². The van der Waals surface area contributed by atoms with Crippen molar-refractivity contribution in [2.24, 2.45) is 0 Å². The number of allylic oxidation sites excluding steroid dienone is 1. The van der Waals surface area contributed by atoms with Gasteiger partial charge in [0, 0.05) is 40.9 Å². The number of halogens is 2. The molecule has 0 unspecified atom stereocenters. The van der Waals surface area contributed by atoms with Gasteiger partial charge in [0.05, 0.1) is 19.0 Å². The van der Waals surface area contributed by atoms with Crippen molar-refractivity contribution in [3.63, 3.8) is 0 Å². The van der Waals surface area contributed by atoms with E-state index in [0.717, 1.165) is 12.1 Å². The van der Waals surface area contributed by atoms with Crippen molar-refractivity contribution in [2.45, 2.75) is 51.5 Å². The Hall–Kier alpha value is -3.94. The third kappa shape index (κ3) is 4.30. The number of imidazole rings is 1. The van der Waals surface area contributed by atoms with Gasteiger partial charge in [0.15, 0.2) is 23.0 Å². The maximum atomic E-state index is 14.8. The monoisotopic (exact) mass is 501 g/mol. The van der Waals surface area contributed by atoms with Crippen LogP contribution in [0, 0.1) is 11.6 Å². The summed E-state index contributed by atoms with van der Waals surface area (Å²) in [4.78, 5) is 8.95. The van der Waals surface area contributed by atoms with Crippen molar-refractivity contribution in [3.8, 4) is 17.0 Å². The molecule has 8 heteroatoms. The maximum Gasteiger partial charge on any atom is 0.201 e. The molecule has 190 valence electrons. The first-order valence-electron chi connectivity index (χ1n) is 12.8. The van der Waals surface area contributed by atoms with Crippen molar-refractivity contribution in [2.75, 3.05) is 12.4 Å². The fourth-order valence-electron chi connectivity index (χ4n) is 4.88. The third-order valence-electron chi connectivity index (χ3n) is 7.30. The number of aryl methyl sites for hydroxylation is 1. The molecule has 6 rings (SSSR count). The number of hydrogen-bond acceptors (Lipinski definition) is 5. The first-order valence-corrected chi connectivity index (χ1v) is 12.8. The molecule has 2 aromatic carbocycles. The number of fused-ring (bicyclic) bond motifs is 1. The Bertz CT molecular complexity index is 1520. The van der Waals surface area contributed by atoms with Crippen LogP contribution in [0.1, 0.15) is 50.2 Å². The molecule has 2 heterocycles. The lowest BCUT2D eigenvalue weighted by Crippen LogP contribution is -2.34. The van der Waals surface area contributed by atoms with Crippen LogP contribution in [0.2, 0.25) is 0 Å². The topological polar surface area (TPSA) is 63.5 Å². The summed E-state index contributed by atoms with van der Waals surface area (Å²) in [6.07, 6.45) is 11.9. The number of benzene rings is 2. The van der Waals surface area contributed by atoms with Gasteiger partial charge >= 0.3 is 0 Å². The maximum absolute atomic E-state index is 14.8. The van der Waals surface area contributed by atoms with Gasteiger partial charge in [-0.2, -0.15) is 4.39 Å². The van der Waals surface area contributed by atoms with Crippen molar-refractivity contribution >= 4 is 22.8 Å². The summed E-state index contributed by atoms with van der Waals surface area (Å²) >= 11 is 0. The molecule has 37 heavy (non-hydrogen) atoms. The molecule has 0 saturated heterocycles. The number of hydrogen-bond donors (Lipinski definition) is 2. The van der Waals surface area contributed by atoms with E-state index in [-0.39, 0.29) is 11.3 Å². The van der Waals surface area contributed by atoms with Gasteiger partial charge in [-0.3, -0.25) is 4.40 Å². The highest BCUT2D eigenvalue weighted by atomic mass is 19.2. The smallest absolute Gasteiger partial charge is 0.201 e. The van der Waals surface area contributed by atoms with Gasteiger partial charge in [-0.25, -0.2) is 14.4 Å². The van der Waals surface area contributed by atoms with E-state index in [1.54, 1.807) is 16.8 Å². The first-order chi connectivity index (χ1) is 18.1. The Morgan fingerprint density at radius 2 is 1.95 bits per heavy atom. The minimum Gasteiger partial charge on any atom is -0.494 e. The number of anilines is 2. The van der Waals surface area contributed by atoms with Crippen molar-refractivity contribution in [3.05, 3.63) is 77.3 Å². The number of methoxy groups -OCH3 is 1. The molecule has 2 saturated carbocycles. The predicted molar refractivity (Wildman–Crippen MR) is 141 cm³/mol. The van der Waals surface area contributed by atoms with Gasteiger partial charge in [0.1, 0.15) is 0 Å². The average Bonchev–Trinajstić information content (AvgIpc) is 3.64. The Morgan fingerprint density at radius 3 is 2.65 bits per heavy atom. The lowest BCUT2D eigenvalue weighted by Gasteiger charge is -2.30. The fraction of sp³-hybridized carbons (Fsp3) is 0.310. The van der Waals surface area contributed by atoms with E-state index >= 15 is 0 Å². The highest BCUT2D eigenvalue weighted by Crippen LogP contribution is 2.38. The molecule has 2 aliphatic carbocycles.